The van der Waals surface area contributed by atoms with Gasteiger partial charge in [0, 0.05) is 30.7 Å². The molecule has 0 saturated heterocycles. The van der Waals surface area contributed by atoms with Gasteiger partial charge in [-0.1, -0.05) is 13.0 Å². The molecule has 4 N–H and O–H groups in total. The van der Waals surface area contributed by atoms with E-state index in [1.807, 2.05) is 13.0 Å². The number of phosphoric ester groups is 1. The lowest BCUT2D eigenvalue weighted by molar-refractivity contribution is -0.116. The van der Waals surface area contributed by atoms with E-state index in [1.54, 1.807) is 18.3 Å². The minimum Gasteiger partial charge on any atom is -0.493 e. The number of anilines is 3. The van der Waals surface area contributed by atoms with E-state index < -0.39 is 25.4 Å². The average molecular weight is 620 g/mol. The molecule has 0 unspecified atom stereocenters. The number of halogens is 2. The highest BCUT2D eigenvalue weighted by atomic mass is 31.2. The van der Waals surface area contributed by atoms with E-state index in [2.05, 4.69) is 35.1 Å². The van der Waals surface area contributed by atoms with Crippen molar-refractivity contribution in [2.24, 2.45) is 0 Å². The van der Waals surface area contributed by atoms with Gasteiger partial charge in [-0.3, -0.25) is 14.0 Å². The number of amides is 1. The summed E-state index contributed by atoms with van der Waals surface area (Å²) in [6.45, 7) is 4.04. The molecule has 2 aromatic carbocycles. The second-order valence-electron chi connectivity index (χ2n) is 9.47. The molecule has 13 nitrogen and oxygen atoms in total. The first-order valence-electron chi connectivity index (χ1n) is 13.4. The summed E-state index contributed by atoms with van der Waals surface area (Å²) in [6, 6.07) is 8.94. The fourth-order valence-electron chi connectivity index (χ4n) is 4.23. The smallest absolute Gasteiger partial charge is 0.469 e. The Kier molecular flexibility index (Phi) is 11.1. The van der Waals surface area contributed by atoms with Gasteiger partial charge in [0.15, 0.2) is 11.6 Å². The molecule has 0 aliphatic carbocycles. The van der Waals surface area contributed by atoms with Crippen molar-refractivity contribution in [3.8, 4) is 5.75 Å². The van der Waals surface area contributed by atoms with Crippen molar-refractivity contribution < 1.29 is 37.2 Å². The lowest BCUT2D eigenvalue weighted by Gasteiger charge is -2.21. The van der Waals surface area contributed by atoms with Crippen molar-refractivity contribution in [2.45, 2.75) is 26.3 Å². The summed E-state index contributed by atoms with van der Waals surface area (Å²) in [4.78, 5) is 40.7. The number of ether oxygens (including phenoxy) is 1. The number of nitrogens with zero attached hydrogens (tertiary/aromatic N) is 5. The SMILES string of the molecule is CCCN(CCCOc1ccc2c(Nc3cnn(CC(=O)Nc4cccc(F)c4F)c3)ncnc2c1)CCOP(=O)(O)O. The predicted molar refractivity (Wildman–Crippen MR) is 155 cm³/mol. The third-order valence-electron chi connectivity index (χ3n) is 6.13. The molecule has 4 aromatic rings. The van der Waals surface area contributed by atoms with Crippen molar-refractivity contribution in [1.82, 2.24) is 24.6 Å². The Labute approximate surface area is 246 Å². The molecule has 0 aliphatic rings. The molecule has 1 amide bonds. The largest absolute Gasteiger partial charge is 0.493 e. The fourth-order valence-corrected chi connectivity index (χ4v) is 4.55. The first-order chi connectivity index (χ1) is 20.6. The molecule has 2 aromatic heterocycles. The number of nitrogens with one attached hydrogen (secondary N) is 2. The van der Waals surface area contributed by atoms with Crippen molar-refractivity contribution in [1.29, 1.82) is 0 Å². The molecule has 230 valence electrons. The standard InChI is InChI=1S/C27H32F2N7O6P/c1-2-9-35(11-13-42-43(38,39)40)10-4-12-41-20-7-8-21-24(14-20)30-18-31-27(21)33-19-15-32-36(16-19)17-25(37)34-23-6-3-5-22(28)26(23)29/h3,5-8,14-16,18H,2,4,9-13,17H2,1H3,(H,34,37)(H,30,31,33)(H2,38,39,40). The molecule has 0 saturated carbocycles. The summed E-state index contributed by atoms with van der Waals surface area (Å²) in [7, 11) is -4.48. The summed E-state index contributed by atoms with van der Waals surface area (Å²) >= 11 is 0. The van der Waals surface area contributed by atoms with E-state index in [4.69, 9.17) is 14.5 Å². The quantitative estimate of drug-likeness (QED) is 0.106. The molecule has 0 fully saturated rings. The first kappa shape index (κ1) is 31.9. The number of carbonyl (C=O) groups excluding carboxylic acids is 1. The summed E-state index contributed by atoms with van der Waals surface area (Å²) in [5.41, 5.74) is 0.935. The summed E-state index contributed by atoms with van der Waals surface area (Å²) < 4.78 is 49.9. The Morgan fingerprint density at radius 1 is 1.12 bits per heavy atom. The third kappa shape index (κ3) is 9.76. The Hall–Kier alpha value is -4.01. The highest BCUT2D eigenvalue weighted by Gasteiger charge is 2.15. The maximum absolute atomic E-state index is 13.8. The van der Waals surface area contributed by atoms with Gasteiger partial charge in [-0.25, -0.2) is 23.3 Å². The molecular formula is C27H32F2N7O6P. The normalized spacial score (nSPS) is 11.7. The Morgan fingerprint density at radius 3 is 2.74 bits per heavy atom. The average Bonchev–Trinajstić information content (AvgIpc) is 3.39. The van der Waals surface area contributed by atoms with Crippen LogP contribution in [0.15, 0.2) is 55.1 Å². The highest BCUT2D eigenvalue weighted by molar-refractivity contribution is 7.46. The lowest BCUT2D eigenvalue weighted by atomic mass is 10.2. The van der Waals surface area contributed by atoms with Crippen LogP contribution in [0, 0.1) is 11.6 Å². The van der Waals surface area contributed by atoms with Crippen LogP contribution in [0.1, 0.15) is 19.8 Å². The maximum Gasteiger partial charge on any atom is 0.469 e. The number of carbonyl (C=O) groups is 1. The lowest BCUT2D eigenvalue weighted by Crippen LogP contribution is -2.30. The van der Waals surface area contributed by atoms with Crippen molar-refractivity contribution >= 4 is 41.8 Å². The van der Waals surface area contributed by atoms with Gasteiger partial charge in [-0.15, -0.1) is 0 Å². The van der Waals surface area contributed by atoms with Crippen molar-refractivity contribution in [3.05, 3.63) is 66.8 Å². The van der Waals surface area contributed by atoms with Gasteiger partial charge in [0.2, 0.25) is 5.91 Å². The number of fused-ring (bicyclic) bond motifs is 1. The summed E-state index contributed by atoms with van der Waals surface area (Å²) in [6.07, 6.45) is 6.08. The van der Waals surface area contributed by atoms with Gasteiger partial charge in [-0.2, -0.15) is 5.10 Å². The van der Waals surface area contributed by atoms with Crippen LogP contribution < -0.4 is 15.4 Å². The monoisotopic (exact) mass is 619 g/mol. The zero-order chi connectivity index (χ0) is 30.8. The molecule has 0 aliphatic heterocycles. The molecule has 0 atom stereocenters. The van der Waals surface area contributed by atoms with Crippen LogP contribution in [0.5, 0.6) is 5.75 Å². The van der Waals surface area contributed by atoms with E-state index in [0.717, 1.165) is 24.4 Å². The third-order valence-corrected chi connectivity index (χ3v) is 6.65. The van der Waals surface area contributed by atoms with E-state index in [9.17, 15) is 18.1 Å². The Bertz CT molecular complexity index is 1580. The van der Waals surface area contributed by atoms with Crippen LogP contribution in [-0.4, -0.2) is 73.2 Å². The van der Waals surface area contributed by atoms with Gasteiger partial charge in [-0.05, 0) is 43.7 Å². The number of aromatic nitrogens is 4. The zero-order valence-corrected chi connectivity index (χ0v) is 24.2. The second-order valence-corrected chi connectivity index (χ2v) is 10.7. The number of benzene rings is 2. The molecule has 2 heterocycles. The van der Waals surface area contributed by atoms with Crippen LogP contribution in [-0.2, 0) is 20.4 Å². The van der Waals surface area contributed by atoms with E-state index >= 15 is 0 Å². The highest BCUT2D eigenvalue weighted by Crippen LogP contribution is 2.35. The number of rotatable bonds is 16. The molecule has 4 rings (SSSR count). The van der Waals surface area contributed by atoms with Crippen LogP contribution in [0.25, 0.3) is 10.9 Å². The van der Waals surface area contributed by atoms with Crippen molar-refractivity contribution in [2.75, 3.05) is 43.5 Å². The maximum atomic E-state index is 13.8. The first-order valence-corrected chi connectivity index (χ1v) is 15.0. The number of hydrogen-bond acceptors (Lipinski definition) is 9. The minimum absolute atomic E-state index is 0.0558. The van der Waals surface area contributed by atoms with Gasteiger partial charge >= 0.3 is 7.82 Å². The molecule has 16 heteroatoms. The topological polar surface area (TPSA) is 164 Å². The van der Waals surface area contributed by atoms with Crippen molar-refractivity contribution in [3.63, 3.8) is 0 Å². The van der Waals surface area contributed by atoms with Crippen LogP contribution in [0.4, 0.5) is 26.0 Å². The predicted octanol–water partition coefficient (Wildman–Crippen LogP) is 4.08. The summed E-state index contributed by atoms with van der Waals surface area (Å²) in [5.74, 6) is -1.64. The van der Waals surface area contributed by atoms with Gasteiger partial charge in [0.1, 0.15) is 24.4 Å². The minimum atomic E-state index is -4.48. The Morgan fingerprint density at radius 2 is 1.95 bits per heavy atom. The van der Waals surface area contributed by atoms with Crippen LogP contribution in [0.3, 0.4) is 0 Å². The molecule has 0 radical (unpaired) electrons. The molecule has 0 bridgehead atoms. The number of phosphoric acid groups is 1. The molecule has 43 heavy (non-hydrogen) atoms. The van der Waals surface area contributed by atoms with E-state index in [-0.39, 0.29) is 18.8 Å². The van der Waals surface area contributed by atoms with E-state index in [1.165, 1.54) is 29.3 Å². The van der Waals surface area contributed by atoms with E-state index in [0.29, 0.717) is 48.9 Å². The fraction of sp³-hybridized carbons (Fsp3) is 0.333. The molecular weight excluding hydrogens is 587 g/mol. The van der Waals surface area contributed by atoms with Gasteiger partial charge in [0.05, 0.1) is 36.3 Å². The zero-order valence-electron chi connectivity index (χ0n) is 23.3. The van der Waals surface area contributed by atoms with Crippen LogP contribution in [0.2, 0.25) is 0 Å². The van der Waals surface area contributed by atoms with Gasteiger partial charge in [0.25, 0.3) is 0 Å². The summed E-state index contributed by atoms with van der Waals surface area (Å²) in [5, 5.41) is 10.3. The molecule has 0 spiro atoms. The van der Waals surface area contributed by atoms with Crippen LogP contribution >= 0.6 is 7.82 Å². The Balaban J connectivity index is 1.29. The second kappa shape index (κ2) is 14.9. The number of hydrogen-bond donors (Lipinski definition) is 4. The van der Waals surface area contributed by atoms with Gasteiger partial charge < -0.3 is 30.1 Å².